The first-order valence-corrected chi connectivity index (χ1v) is 10.8. The zero-order valence-electron chi connectivity index (χ0n) is 16.0. The van der Waals surface area contributed by atoms with Crippen molar-refractivity contribution in [3.63, 3.8) is 0 Å². The topological polar surface area (TPSA) is 91.0 Å². The van der Waals surface area contributed by atoms with Gasteiger partial charge >= 0.3 is 12.1 Å². The number of likely N-dealkylation sites (tertiary alicyclic amines) is 1. The number of rotatable bonds is 11. The number of aliphatic hydroxyl groups excluding tert-OH is 1. The van der Waals surface area contributed by atoms with Gasteiger partial charge in [-0.3, -0.25) is 9.59 Å². The van der Waals surface area contributed by atoms with Crippen LogP contribution in [-0.2, 0) is 15.8 Å². The van der Waals surface area contributed by atoms with E-state index in [2.05, 4.69) is 0 Å². The fraction of sp³-hybridized carbons (Fsp3) is 0.684. The Kier molecular flexibility index (Phi) is 8.88. The van der Waals surface area contributed by atoms with Crippen LogP contribution >= 0.6 is 11.8 Å². The summed E-state index contributed by atoms with van der Waals surface area (Å²) in [5.74, 6) is 0.0498. The van der Waals surface area contributed by atoms with E-state index in [4.69, 9.17) is 9.52 Å². The summed E-state index contributed by atoms with van der Waals surface area (Å²) >= 11 is 1.57. The van der Waals surface area contributed by atoms with Crippen molar-refractivity contribution in [2.75, 3.05) is 18.1 Å². The van der Waals surface area contributed by atoms with Crippen molar-refractivity contribution in [2.45, 2.75) is 63.3 Å². The minimum atomic E-state index is -4.59. The van der Waals surface area contributed by atoms with Crippen molar-refractivity contribution < 1.29 is 37.4 Å². The molecule has 6 nitrogen and oxygen atoms in total. The largest absolute Gasteiger partial charge is 0.481 e. The molecule has 1 fully saturated rings. The molecule has 2 N–H and O–H groups in total. The predicted molar refractivity (Wildman–Crippen MR) is 101 cm³/mol. The Labute approximate surface area is 171 Å². The number of halogens is 3. The van der Waals surface area contributed by atoms with Crippen LogP contribution < -0.4 is 0 Å². The maximum atomic E-state index is 13.0. The van der Waals surface area contributed by atoms with Crippen LogP contribution in [0.4, 0.5) is 13.2 Å². The third kappa shape index (κ3) is 7.26. The maximum absolute atomic E-state index is 13.0. The molecule has 0 saturated carbocycles. The first-order chi connectivity index (χ1) is 13.7. The number of hydrogen-bond acceptors (Lipinski definition) is 5. The molecule has 0 radical (unpaired) electrons. The lowest BCUT2D eigenvalue weighted by molar-refractivity contribution is -0.140. The summed E-state index contributed by atoms with van der Waals surface area (Å²) in [6.45, 7) is 0.506. The summed E-state index contributed by atoms with van der Waals surface area (Å²) in [7, 11) is 0. The fourth-order valence-electron chi connectivity index (χ4n) is 3.48. The molecule has 1 aromatic heterocycles. The highest BCUT2D eigenvalue weighted by molar-refractivity contribution is 7.99. The molecule has 2 rings (SSSR count). The molecule has 1 aliphatic heterocycles. The van der Waals surface area contributed by atoms with Gasteiger partial charge in [-0.15, -0.1) is 0 Å². The number of aliphatic carboxylic acids is 1. The second-order valence-electron chi connectivity index (χ2n) is 7.03. The number of piperidine rings is 1. The lowest BCUT2D eigenvalue weighted by atomic mass is 9.95. The lowest BCUT2D eigenvalue weighted by Gasteiger charge is -2.36. The van der Waals surface area contributed by atoms with Gasteiger partial charge in [0.2, 0.25) is 5.91 Å². The Hall–Kier alpha value is -1.68. The van der Waals surface area contributed by atoms with Gasteiger partial charge in [0, 0.05) is 31.2 Å². The van der Waals surface area contributed by atoms with Crippen LogP contribution in [0.15, 0.2) is 16.7 Å². The SMILES string of the molecule is O=C(O)CCCSCCN1C(=O)CCC[C@@H]1CC[C@@H](O)c1occc1C(F)(F)F. The van der Waals surface area contributed by atoms with Gasteiger partial charge in [-0.25, -0.2) is 0 Å². The molecule has 164 valence electrons. The molecule has 1 amide bonds. The van der Waals surface area contributed by atoms with Gasteiger partial charge in [-0.1, -0.05) is 0 Å². The number of carbonyl (C=O) groups excluding carboxylic acids is 1. The normalized spacial score (nSPS) is 18.8. The standard InChI is InChI=1S/C19H26F3NO5S/c20-19(21,22)14-8-10-28-18(14)15(24)7-6-13-3-1-4-16(25)23(13)9-12-29-11-2-5-17(26)27/h8,10,13,15,24H,1-7,9,11-12H2,(H,26,27)/t13-,15-/m1/s1. The average molecular weight is 437 g/mol. The number of carboxylic acids is 1. The third-order valence-corrected chi connectivity index (χ3v) is 5.97. The Morgan fingerprint density at radius 3 is 2.83 bits per heavy atom. The van der Waals surface area contributed by atoms with Gasteiger partial charge in [-0.05, 0) is 43.9 Å². The highest BCUT2D eigenvalue weighted by Crippen LogP contribution is 2.37. The van der Waals surface area contributed by atoms with Crippen LogP contribution in [0.2, 0.25) is 0 Å². The maximum Gasteiger partial charge on any atom is 0.419 e. The van der Waals surface area contributed by atoms with E-state index in [1.807, 2.05) is 0 Å². The smallest absolute Gasteiger partial charge is 0.419 e. The van der Waals surface area contributed by atoms with Gasteiger partial charge < -0.3 is 19.5 Å². The number of amides is 1. The number of alkyl halides is 3. The number of carboxylic acid groups (broad SMARTS) is 1. The van der Waals surface area contributed by atoms with E-state index < -0.39 is 29.6 Å². The lowest BCUT2D eigenvalue weighted by Crippen LogP contribution is -2.44. The van der Waals surface area contributed by atoms with Crippen LogP contribution in [0.3, 0.4) is 0 Å². The fourth-order valence-corrected chi connectivity index (χ4v) is 4.36. The number of nitrogens with zero attached hydrogens (tertiary/aromatic N) is 1. The van der Waals surface area contributed by atoms with Gasteiger partial charge in [0.05, 0.1) is 11.8 Å². The van der Waals surface area contributed by atoms with Crippen molar-refractivity contribution in [3.8, 4) is 0 Å². The first kappa shape index (κ1) is 23.6. The molecule has 0 aromatic carbocycles. The average Bonchev–Trinajstić information content (AvgIpc) is 3.14. The van der Waals surface area contributed by atoms with Gasteiger partial charge in [0.15, 0.2) is 0 Å². The molecule has 0 unspecified atom stereocenters. The molecule has 2 heterocycles. The Balaban J connectivity index is 1.85. The molecule has 0 spiro atoms. The summed E-state index contributed by atoms with van der Waals surface area (Å²) in [6, 6.07) is 0.672. The molecule has 1 aromatic rings. The van der Waals surface area contributed by atoms with E-state index in [1.165, 1.54) is 0 Å². The molecular formula is C19H26F3NO5S. The van der Waals surface area contributed by atoms with Gasteiger partial charge in [-0.2, -0.15) is 24.9 Å². The monoisotopic (exact) mass is 437 g/mol. The number of hydrogen-bond donors (Lipinski definition) is 2. The van der Waals surface area contributed by atoms with Crippen LogP contribution in [0.5, 0.6) is 0 Å². The quantitative estimate of drug-likeness (QED) is 0.507. The van der Waals surface area contributed by atoms with Crippen molar-refractivity contribution >= 4 is 23.6 Å². The van der Waals surface area contributed by atoms with Crippen LogP contribution in [-0.4, -0.2) is 51.1 Å². The Morgan fingerprint density at radius 1 is 1.38 bits per heavy atom. The minimum absolute atomic E-state index is 0.0101. The van der Waals surface area contributed by atoms with Gasteiger partial charge in [0.1, 0.15) is 11.9 Å². The second kappa shape index (κ2) is 10.9. The van der Waals surface area contributed by atoms with Crippen LogP contribution in [0, 0.1) is 0 Å². The summed E-state index contributed by atoms with van der Waals surface area (Å²) in [4.78, 5) is 24.5. The molecule has 0 bridgehead atoms. The van der Waals surface area contributed by atoms with Gasteiger partial charge in [0.25, 0.3) is 0 Å². The summed E-state index contributed by atoms with van der Waals surface area (Å²) in [6.07, 6.45) is -2.02. The molecule has 1 aliphatic rings. The van der Waals surface area contributed by atoms with Crippen LogP contribution in [0.1, 0.15) is 62.4 Å². The Morgan fingerprint density at radius 2 is 2.14 bits per heavy atom. The van der Waals surface area contributed by atoms with E-state index in [0.29, 0.717) is 37.3 Å². The highest BCUT2D eigenvalue weighted by atomic mass is 32.2. The number of furan rings is 1. The molecular weight excluding hydrogens is 411 g/mol. The van der Waals surface area contributed by atoms with E-state index in [-0.39, 0.29) is 24.8 Å². The Bertz CT molecular complexity index is 679. The predicted octanol–water partition coefficient (Wildman–Crippen LogP) is 4.09. The number of aliphatic hydroxyl groups is 1. The van der Waals surface area contributed by atoms with Crippen molar-refractivity contribution in [2.24, 2.45) is 0 Å². The highest BCUT2D eigenvalue weighted by Gasteiger charge is 2.37. The van der Waals surface area contributed by atoms with Crippen molar-refractivity contribution in [1.82, 2.24) is 4.90 Å². The van der Waals surface area contributed by atoms with E-state index in [0.717, 1.165) is 25.2 Å². The molecule has 0 aliphatic carbocycles. The summed E-state index contributed by atoms with van der Waals surface area (Å²) < 4.78 is 43.8. The van der Waals surface area contributed by atoms with Crippen molar-refractivity contribution in [1.29, 1.82) is 0 Å². The minimum Gasteiger partial charge on any atom is -0.481 e. The summed E-state index contributed by atoms with van der Waals surface area (Å²) in [5.41, 5.74) is -0.973. The zero-order chi connectivity index (χ0) is 21.4. The number of thioether (sulfide) groups is 1. The second-order valence-corrected chi connectivity index (χ2v) is 8.26. The number of carbonyl (C=O) groups is 2. The van der Waals surface area contributed by atoms with E-state index in [1.54, 1.807) is 16.7 Å². The molecule has 10 heteroatoms. The van der Waals surface area contributed by atoms with E-state index >= 15 is 0 Å². The van der Waals surface area contributed by atoms with Crippen LogP contribution in [0.25, 0.3) is 0 Å². The molecule has 1 saturated heterocycles. The first-order valence-electron chi connectivity index (χ1n) is 9.61. The molecule has 29 heavy (non-hydrogen) atoms. The van der Waals surface area contributed by atoms with E-state index in [9.17, 15) is 27.9 Å². The summed E-state index contributed by atoms with van der Waals surface area (Å²) in [5, 5.41) is 18.8. The zero-order valence-corrected chi connectivity index (χ0v) is 16.8. The third-order valence-electron chi connectivity index (χ3n) is 4.92. The molecule has 2 atom stereocenters. The van der Waals surface area contributed by atoms with Crippen molar-refractivity contribution in [3.05, 3.63) is 23.7 Å².